The number of hydrogen-bond donors (Lipinski definition) is 2. The van der Waals surface area contributed by atoms with Crippen LogP contribution in [0.5, 0.6) is 0 Å². The highest BCUT2D eigenvalue weighted by atomic mass is 16.5. The van der Waals surface area contributed by atoms with Crippen LogP contribution in [-0.2, 0) is 4.74 Å². The molecule has 0 spiro atoms. The van der Waals surface area contributed by atoms with Crippen LogP contribution in [0.2, 0.25) is 0 Å². The second kappa shape index (κ2) is 21.2. The van der Waals surface area contributed by atoms with Crippen molar-refractivity contribution >= 4 is 0 Å². The minimum absolute atomic E-state index is 0.237. The van der Waals surface area contributed by atoms with Crippen LogP contribution < -0.4 is 0 Å². The molecule has 0 heterocycles. The molecule has 0 aliphatic heterocycles. The molecule has 0 atom stereocenters. The quantitative estimate of drug-likeness (QED) is 0.356. The van der Waals surface area contributed by atoms with Crippen molar-refractivity contribution in [1.82, 2.24) is 0 Å². The van der Waals surface area contributed by atoms with Gasteiger partial charge >= 0.3 is 0 Å². The summed E-state index contributed by atoms with van der Waals surface area (Å²) in [5.41, 5.74) is 2.85. The van der Waals surface area contributed by atoms with Gasteiger partial charge in [0.25, 0.3) is 0 Å². The predicted octanol–water partition coefficient (Wildman–Crippen LogP) is 6.36. The molecule has 0 aromatic heterocycles. The Hall–Kier alpha value is -0.800. The van der Waals surface area contributed by atoms with Crippen molar-refractivity contribution in [2.45, 2.75) is 98.8 Å². The molecule has 0 amide bonds. The average molecular weight is 357 g/mol. The SMILES string of the molecule is CC(CCO)CCO.CCCCC(=COC=C(CC)CCCC)CC. The third-order valence-electron chi connectivity index (χ3n) is 4.32. The van der Waals surface area contributed by atoms with Crippen molar-refractivity contribution < 1.29 is 14.9 Å². The van der Waals surface area contributed by atoms with Gasteiger partial charge in [-0.3, -0.25) is 0 Å². The fourth-order valence-corrected chi connectivity index (χ4v) is 2.26. The lowest BCUT2D eigenvalue weighted by Crippen LogP contribution is -1.99. The maximum Gasteiger partial charge on any atom is 0.0893 e. The average Bonchev–Trinajstić information content (AvgIpc) is 2.61. The van der Waals surface area contributed by atoms with Gasteiger partial charge in [0, 0.05) is 13.2 Å². The van der Waals surface area contributed by atoms with Gasteiger partial charge in [-0.2, -0.15) is 0 Å². The number of ether oxygens (including phenoxy) is 1. The second-order valence-corrected chi connectivity index (χ2v) is 6.73. The highest BCUT2D eigenvalue weighted by Gasteiger charge is 1.97. The first-order chi connectivity index (χ1) is 12.1. The summed E-state index contributed by atoms with van der Waals surface area (Å²) < 4.78 is 5.61. The summed E-state index contributed by atoms with van der Waals surface area (Å²) in [5.74, 6) is 0.463. The standard InChI is InChI=1S/C16H30O.C6H14O2/c1-5-9-11-15(7-3)13-17-14-16(8-4)12-10-6-2;1-6(2-4-7)3-5-8/h13-14H,5-12H2,1-4H3;6-8H,2-5H2,1H3. The molecule has 0 aromatic carbocycles. The molecule has 0 fully saturated rings. The highest BCUT2D eigenvalue weighted by Crippen LogP contribution is 2.14. The van der Waals surface area contributed by atoms with Gasteiger partial charge in [0.1, 0.15) is 0 Å². The van der Waals surface area contributed by atoms with E-state index in [0.717, 1.165) is 25.7 Å². The van der Waals surface area contributed by atoms with Gasteiger partial charge < -0.3 is 14.9 Å². The molecule has 150 valence electrons. The maximum atomic E-state index is 8.38. The van der Waals surface area contributed by atoms with E-state index in [4.69, 9.17) is 14.9 Å². The van der Waals surface area contributed by atoms with E-state index in [1.54, 1.807) is 0 Å². The van der Waals surface area contributed by atoms with Crippen LogP contribution >= 0.6 is 0 Å². The van der Waals surface area contributed by atoms with Crippen molar-refractivity contribution in [1.29, 1.82) is 0 Å². The van der Waals surface area contributed by atoms with Crippen LogP contribution in [0.3, 0.4) is 0 Å². The van der Waals surface area contributed by atoms with Crippen molar-refractivity contribution in [3.63, 3.8) is 0 Å². The summed E-state index contributed by atoms with van der Waals surface area (Å²) in [4.78, 5) is 0. The molecule has 0 saturated carbocycles. The van der Waals surface area contributed by atoms with Gasteiger partial charge in [0.05, 0.1) is 12.5 Å². The Morgan fingerprint density at radius 1 is 0.800 bits per heavy atom. The van der Waals surface area contributed by atoms with Crippen LogP contribution in [0.25, 0.3) is 0 Å². The van der Waals surface area contributed by atoms with E-state index in [-0.39, 0.29) is 13.2 Å². The van der Waals surface area contributed by atoms with E-state index in [0.29, 0.717) is 5.92 Å². The van der Waals surface area contributed by atoms with Gasteiger partial charge in [0.2, 0.25) is 0 Å². The van der Waals surface area contributed by atoms with Crippen LogP contribution in [0.1, 0.15) is 98.8 Å². The Labute approximate surface area is 157 Å². The first-order valence-electron chi connectivity index (χ1n) is 10.3. The molecule has 3 heteroatoms. The third kappa shape index (κ3) is 19.4. The Morgan fingerprint density at radius 2 is 1.20 bits per heavy atom. The van der Waals surface area contributed by atoms with Crippen molar-refractivity contribution in [3.05, 3.63) is 23.7 Å². The first-order valence-corrected chi connectivity index (χ1v) is 10.3. The second-order valence-electron chi connectivity index (χ2n) is 6.73. The van der Waals surface area contributed by atoms with E-state index in [9.17, 15) is 0 Å². The molecular formula is C22H44O3. The zero-order valence-corrected chi connectivity index (χ0v) is 17.5. The Kier molecular flexibility index (Phi) is 22.5. The molecule has 2 N–H and O–H groups in total. The number of aliphatic hydroxyl groups excluding tert-OH is 2. The lowest BCUT2D eigenvalue weighted by molar-refractivity contribution is 0.223. The molecular weight excluding hydrogens is 312 g/mol. The summed E-state index contributed by atoms with van der Waals surface area (Å²) in [6.45, 7) is 11.4. The van der Waals surface area contributed by atoms with Crippen LogP contribution in [0.4, 0.5) is 0 Å². The summed E-state index contributed by atoms with van der Waals surface area (Å²) >= 11 is 0. The maximum absolute atomic E-state index is 8.38. The zero-order chi connectivity index (χ0) is 19.3. The van der Waals surface area contributed by atoms with Gasteiger partial charge in [-0.05, 0) is 68.4 Å². The molecule has 0 aliphatic carbocycles. The number of unbranched alkanes of at least 4 members (excludes halogenated alkanes) is 2. The largest absolute Gasteiger partial charge is 0.473 e. The summed E-state index contributed by atoms with van der Waals surface area (Å²) in [6, 6.07) is 0. The Morgan fingerprint density at radius 3 is 1.48 bits per heavy atom. The molecule has 0 aliphatic rings. The molecule has 0 unspecified atom stereocenters. The summed E-state index contributed by atoms with van der Waals surface area (Å²) in [5, 5.41) is 16.8. The molecule has 25 heavy (non-hydrogen) atoms. The van der Waals surface area contributed by atoms with Gasteiger partial charge in [-0.1, -0.05) is 47.5 Å². The van der Waals surface area contributed by atoms with E-state index < -0.39 is 0 Å². The lowest BCUT2D eigenvalue weighted by atomic mass is 10.1. The van der Waals surface area contributed by atoms with Crippen LogP contribution in [0, 0.1) is 5.92 Å². The van der Waals surface area contributed by atoms with E-state index >= 15 is 0 Å². The van der Waals surface area contributed by atoms with Gasteiger partial charge in [-0.15, -0.1) is 0 Å². The number of hydrogen-bond acceptors (Lipinski definition) is 3. The molecule has 0 rings (SSSR count). The van der Waals surface area contributed by atoms with Crippen molar-refractivity contribution in [2.75, 3.05) is 13.2 Å². The highest BCUT2D eigenvalue weighted by molar-refractivity contribution is 5.01. The lowest BCUT2D eigenvalue weighted by Gasteiger charge is -2.05. The Balaban J connectivity index is 0. The predicted molar refractivity (Wildman–Crippen MR) is 109 cm³/mol. The third-order valence-corrected chi connectivity index (χ3v) is 4.32. The van der Waals surface area contributed by atoms with Crippen LogP contribution in [-0.4, -0.2) is 23.4 Å². The first kappa shape index (κ1) is 26.4. The smallest absolute Gasteiger partial charge is 0.0893 e. The normalized spacial score (nSPS) is 12.2. The topological polar surface area (TPSA) is 49.7 Å². The number of aliphatic hydroxyl groups is 2. The van der Waals surface area contributed by atoms with E-state index in [1.807, 2.05) is 19.4 Å². The monoisotopic (exact) mass is 356 g/mol. The van der Waals surface area contributed by atoms with Gasteiger partial charge in [0.15, 0.2) is 0 Å². The van der Waals surface area contributed by atoms with Gasteiger partial charge in [-0.25, -0.2) is 0 Å². The minimum Gasteiger partial charge on any atom is -0.473 e. The van der Waals surface area contributed by atoms with E-state index in [1.165, 1.54) is 49.7 Å². The molecule has 0 aromatic rings. The number of rotatable bonds is 14. The fourth-order valence-electron chi connectivity index (χ4n) is 2.26. The molecule has 3 nitrogen and oxygen atoms in total. The van der Waals surface area contributed by atoms with Crippen molar-refractivity contribution in [2.24, 2.45) is 5.92 Å². The summed E-state index contributed by atoms with van der Waals surface area (Å²) in [7, 11) is 0. The van der Waals surface area contributed by atoms with E-state index in [2.05, 4.69) is 27.7 Å². The van der Waals surface area contributed by atoms with Crippen LogP contribution in [0.15, 0.2) is 23.7 Å². The zero-order valence-electron chi connectivity index (χ0n) is 17.5. The molecule has 0 bridgehead atoms. The fraction of sp³-hybridized carbons (Fsp3) is 0.818. The Bertz CT molecular complexity index is 291. The summed E-state index contributed by atoms with van der Waals surface area (Å²) in [6.07, 6.45) is 15.1. The minimum atomic E-state index is 0.237. The number of allylic oxidation sites excluding steroid dienone is 2. The van der Waals surface area contributed by atoms with Crippen molar-refractivity contribution in [3.8, 4) is 0 Å². The molecule has 0 saturated heterocycles. The molecule has 0 radical (unpaired) electrons.